The molecule has 2 unspecified atom stereocenters. The highest BCUT2D eigenvalue weighted by Gasteiger charge is 2.57. The fraction of sp³-hybridized carbons (Fsp3) is 0.500. The predicted octanol–water partition coefficient (Wildman–Crippen LogP) is 1.78. The largest absolute Gasteiger partial charge is 0.461 e. The fourth-order valence-electron chi connectivity index (χ4n) is 2.22. The Kier molecular flexibility index (Phi) is 4.53. The summed E-state index contributed by atoms with van der Waals surface area (Å²) in [4.78, 5) is 11.6. The number of ether oxygens (including phenoxy) is 1. The number of rotatable bonds is 4. The van der Waals surface area contributed by atoms with Gasteiger partial charge in [0.2, 0.25) is 0 Å². The Morgan fingerprint density at radius 3 is 2.62 bits per heavy atom. The zero-order valence-electron chi connectivity index (χ0n) is 11.2. The van der Waals surface area contributed by atoms with Crippen LogP contribution in [0.15, 0.2) is 30.3 Å². The van der Waals surface area contributed by atoms with Gasteiger partial charge in [-0.2, -0.15) is 13.2 Å². The van der Waals surface area contributed by atoms with E-state index in [0.29, 0.717) is 0 Å². The highest BCUT2D eigenvalue weighted by atomic mass is 19.4. The van der Waals surface area contributed by atoms with Crippen LogP contribution in [0.2, 0.25) is 0 Å². The zero-order chi connectivity index (χ0) is 15.5. The van der Waals surface area contributed by atoms with Crippen LogP contribution < -0.4 is 5.32 Å². The number of esters is 1. The lowest BCUT2D eigenvalue weighted by Crippen LogP contribution is -2.46. The number of nitrogens with one attached hydrogen (secondary N) is 1. The molecule has 0 spiro atoms. The minimum Gasteiger partial charge on any atom is -0.461 e. The molecular weight excluding hydrogens is 287 g/mol. The molecule has 0 saturated carbocycles. The Labute approximate surface area is 119 Å². The monoisotopic (exact) mass is 303 g/mol. The molecule has 0 aromatic heterocycles. The first-order chi connectivity index (χ1) is 9.80. The van der Waals surface area contributed by atoms with E-state index in [9.17, 15) is 23.1 Å². The van der Waals surface area contributed by atoms with Crippen molar-refractivity contribution in [2.45, 2.75) is 37.3 Å². The SMILES string of the molecule is O=C(CC1CC(O)(C(F)(F)F)CN1)OCc1ccccc1. The van der Waals surface area contributed by atoms with E-state index in [1.165, 1.54) is 0 Å². The van der Waals surface area contributed by atoms with Gasteiger partial charge in [-0.3, -0.25) is 4.79 Å². The summed E-state index contributed by atoms with van der Waals surface area (Å²) in [5.41, 5.74) is -1.96. The first-order valence-corrected chi connectivity index (χ1v) is 6.52. The van der Waals surface area contributed by atoms with Gasteiger partial charge in [-0.05, 0) is 5.56 Å². The first kappa shape index (κ1) is 15.8. The number of hydrogen-bond donors (Lipinski definition) is 2. The van der Waals surface area contributed by atoms with Crippen LogP contribution in [0.3, 0.4) is 0 Å². The second-order valence-corrected chi connectivity index (χ2v) is 5.16. The van der Waals surface area contributed by atoms with Crippen LogP contribution in [0.1, 0.15) is 18.4 Å². The highest BCUT2D eigenvalue weighted by Crippen LogP contribution is 2.37. The molecule has 1 aliphatic heterocycles. The van der Waals surface area contributed by atoms with E-state index in [1.54, 1.807) is 24.3 Å². The summed E-state index contributed by atoms with van der Waals surface area (Å²) >= 11 is 0. The van der Waals surface area contributed by atoms with Crippen LogP contribution >= 0.6 is 0 Å². The Balaban J connectivity index is 1.79. The van der Waals surface area contributed by atoms with E-state index >= 15 is 0 Å². The lowest BCUT2D eigenvalue weighted by molar-refractivity contribution is -0.252. The van der Waals surface area contributed by atoms with Crippen molar-refractivity contribution < 1.29 is 27.8 Å². The number of benzene rings is 1. The van der Waals surface area contributed by atoms with Gasteiger partial charge in [0.1, 0.15) is 6.61 Å². The summed E-state index contributed by atoms with van der Waals surface area (Å²) in [6, 6.07) is 8.24. The summed E-state index contributed by atoms with van der Waals surface area (Å²) in [5.74, 6) is -0.595. The van der Waals surface area contributed by atoms with E-state index < -0.39 is 36.8 Å². The van der Waals surface area contributed by atoms with Crippen LogP contribution in [-0.2, 0) is 16.1 Å². The molecule has 0 aliphatic carbocycles. The van der Waals surface area contributed by atoms with Crippen LogP contribution in [0, 0.1) is 0 Å². The maximum Gasteiger partial charge on any atom is 0.418 e. The number of carbonyl (C=O) groups excluding carboxylic acids is 1. The van der Waals surface area contributed by atoms with Crippen molar-refractivity contribution in [3.63, 3.8) is 0 Å². The standard InChI is InChI=1S/C14H16F3NO3/c15-14(16,17)13(20)7-11(18-9-13)6-12(19)21-8-10-4-2-1-3-5-10/h1-5,11,18,20H,6-9H2. The molecule has 2 N–H and O–H groups in total. The summed E-state index contributed by atoms with van der Waals surface area (Å²) in [6.07, 6.45) is -5.45. The lowest BCUT2D eigenvalue weighted by atomic mass is 9.98. The second kappa shape index (κ2) is 6.03. The minimum absolute atomic E-state index is 0.0793. The first-order valence-electron chi connectivity index (χ1n) is 6.52. The van der Waals surface area contributed by atoms with Gasteiger partial charge in [0.05, 0.1) is 6.42 Å². The lowest BCUT2D eigenvalue weighted by Gasteiger charge is -2.24. The predicted molar refractivity (Wildman–Crippen MR) is 68.3 cm³/mol. The molecule has 1 saturated heterocycles. The smallest absolute Gasteiger partial charge is 0.418 e. The Morgan fingerprint density at radius 2 is 2.05 bits per heavy atom. The van der Waals surface area contributed by atoms with Gasteiger partial charge in [-0.1, -0.05) is 30.3 Å². The van der Waals surface area contributed by atoms with Crippen molar-refractivity contribution in [1.82, 2.24) is 5.32 Å². The van der Waals surface area contributed by atoms with E-state index in [2.05, 4.69) is 5.32 Å². The molecule has 7 heteroatoms. The zero-order valence-corrected chi connectivity index (χ0v) is 11.2. The Bertz CT molecular complexity index is 492. The molecule has 1 aromatic rings. The third-order valence-corrected chi connectivity index (χ3v) is 3.45. The van der Waals surface area contributed by atoms with Gasteiger partial charge in [-0.25, -0.2) is 0 Å². The van der Waals surface area contributed by atoms with Gasteiger partial charge in [0.25, 0.3) is 0 Å². The maximum atomic E-state index is 12.6. The molecule has 116 valence electrons. The van der Waals surface area contributed by atoms with Crippen LogP contribution in [0.5, 0.6) is 0 Å². The number of halogens is 3. The number of hydrogen-bond acceptors (Lipinski definition) is 4. The molecule has 1 aliphatic rings. The van der Waals surface area contributed by atoms with Crippen molar-refractivity contribution in [2.75, 3.05) is 6.54 Å². The molecule has 1 fully saturated rings. The van der Waals surface area contributed by atoms with Crippen LogP contribution in [-0.4, -0.2) is 35.4 Å². The molecule has 0 amide bonds. The number of carbonyl (C=O) groups is 1. The molecular formula is C14H16F3NO3. The highest BCUT2D eigenvalue weighted by molar-refractivity contribution is 5.70. The molecule has 0 radical (unpaired) electrons. The Morgan fingerprint density at radius 1 is 1.38 bits per heavy atom. The van der Waals surface area contributed by atoms with Crippen LogP contribution in [0.4, 0.5) is 13.2 Å². The second-order valence-electron chi connectivity index (χ2n) is 5.16. The van der Waals surface area contributed by atoms with Gasteiger partial charge < -0.3 is 15.2 Å². The summed E-state index contributed by atoms with van der Waals surface area (Å²) in [5, 5.41) is 12.0. The normalized spacial score (nSPS) is 25.8. The number of β-amino-alcohol motifs (C(OH)–C–C–N with tert-alkyl or cyclic N) is 1. The molecule has 21 heavy (non-hydrogen) atoms. The third kappa shape index (κ3) is 3.95. The Hall–Kier alpha value is -1.60. The molecule has 1 heterocycles. The average Bonchev–Trinajstić information content (AvgIpc) is 2.80. The van der Waals surface area contributed by atoms with E-state index in [0.717, 1.165) is 5.56 Å². The van der Waals surface area contributed by atoms with E-state index in [-0.39, 0.29) is 13.0 Å². The summed E-state index contributed by atoms with van der Waals surface area (Å²) < 4.78 is 42.9. The minimum atomic E-state index is -4.71. The fourth-order valence-corrected chi connectivity index (χ4v) is 2.22. The van der Waals surface area contributed by atoms with Gasteiger partial charge >= 0.3 is 12.1 Å². The molecule has 2 rings (SSSR count). The van der Waals surface area contributed by atoms with Crippen molar-refractivity contribution in [1.29, 1.82) is 0 Å². The number of aliphatic hydroxyl groups is 1. The van der Waals surface area contributed by atoms with Crippen molar-refractivity contribution in [3.8, 4) is 0 Å². The van der Waals surface area contributed by atoms with E-state index in [1.807, 2.05) is 6.07 Å². The summed E-state index contributed by atoms with van der Waals surface area (Å²) in [7, 11) is 0. The summed E-state index contributed by atoms with van der Waals surface area (Å²) in [6.45, 7) is -0.525. The molecule has 2 atom stereocenters. The van der Waals surface area contributed by atoms with Crippen molar-refractivity contribution in [3.05, 3.63) is 35.9 Å². The quantitative estimate of drug-likeness (QED) is 0.833. The maximum absolute atomic E-state index is 12.6. The van der Waals surface area contributed by atoms with Crippen LogP contribution in [0.25, 0.3) is 0 Å². The topological polar surface area (TPSA) is 58.6 Å². The number of alkyl halides is 3. The van der Waals surface area contributed by atoms with Gasteiger partial charge in [0.15, 0.2) is 5.60 Å². The van der Waals surface area contributed by atoms with Gasteiger partial charge in [0, 0.05) is 19.0 Å². The molecule has 1 aromatic carbocycles. The average molecular weight is 303 g/mol. The van der Waals surface area contributed by atoms with Crippen molar-refractivity contribution in [2.24, 2.45) is 0 Å². The van der Waals surface area contributed by atoms with Gasteiger partial charge in [-0.15, -0.1) is 0 Å². The third-order valence-electron chi connectivity index (χ3n) is 3.45. The van der Waals surface area contributed by atoms with Crippen molar-refractivity contribution >= 4 is 5.97 Å². The molecule has 4 nitrogen and oxygen atoms in total. The molecule has 0 bridgehead atoms. The van der Waals surface area contributed by atoms with E-state index in [4.69, 9.17) is 4.74 Å².